The Labute approximate surface area is 105 Å². The number of hydrogen-bond acceptors (Lipinski definition) is 4. The van der Waals surface area contributed by atoms with Crippen molar-refractivity contribution in [3.8, 4) is 0 Å². The predicted octanol–water partition coefficient (Wildman–Crippen LogP) is 1.52. The number of nitrogens with one attached hydrogen (secondary N) is 1. The second-order valence-electron chi connectivity index (χ2n) is 3.73. The van der Waals surface area contributed by atoms with E-state index in [0.717, 1.165) is 5.57 Å². The minimum atomic E-state index is -0.869. The second kappa shape index (κ2) is 7.16. The average molecular weight is 248 g/mol. The van der Waals surface area contributed by atoms with E-state index in [2.05, 4.69) is 27.2 Å². The summed E-state index contributed by atoms with van der Waals surface area (Å²) in [6.07, 6.45) is 7.84. The van der Waals surface area contributed by atoms with Crippen molar-refractivity contribution < 1.29 is 9.90 Å². The van der Waals surface area contributed by atoms with Crippen LogP contribution in [-0.4, -0.2) is 31.7 Å². The van der Waals surface area contributed by atoms with Crippen LogP contribution in [0.15, 0.2) is 36.5 Å². The molecule has 2 N–H and O–H groups in total. The normalized spacial score (nSPS) is 13.7. The SMILES string of the molecule is C=C/C=C\C(=C/C)CC(Cc1nn[nH]n1)C(=O)O. The summed E-state index contributed by atoms with van der Waals surface area (Å²) in [6, 6.07) is 0. The van der Waals surface area contributed by atoms with Crippen LogP contribution in [0.2, 0.25) is 0 Å². The van der Waals surface area contributed by atoms with Gasteiger partial charge in [0.2, 0.25) is 0 Å². The fraction of sp³-hybridized carbons (Fsp3) is 0.333. The van der Waals surface area contributed by atoms with Crippen LogP contribution in [-0.2, 0) is 11.2 Å². The van der Waals surface area contributed by atoms with Crippen molar-refractivity contribution in [3.05, 3.63) is 42.3 Å². The van der Waals surface area contributed by atoms with Crippen LogP contribution in [0, 0.1) is 5.92 Å². The molecule has 1 aromatic heterocycles. The molecule has 0 aliphatic heterocycles. The smallest absolute Gasteiger partial charge is 0.307 e. The Hall–Kier alpha value is -2.24. The molecule has 1 atom stereocenters. The van der Waals surface area contributed by atoms with Crippen LogP contribution in [0.1, 0.15) is 19.2 Å². The highest BCUT2D eigenvalue weighted by atomic mass is 16.4. The van der Waals surface area contributed by atoms with Gasteiger partial charge in [-0.3, -0.25) is 4.79 Å². The van der Waals surface area contributed by atoms with Gasteiger partial charge in [-0.25, -0.2) is 0 Å². The van der Waals surface area contributed by atoms with Crippen molar-refractivity contribution in [2.45, 2.75) is 19.8 Å². The molecule has 18 heavy (non-hydrogen) atoms. The Balaban J connectivity index is 2.71. The second-order valence-corrected chi connectivity index (χ2v) is 3.73. The number of tetrazole rings is 1. The number of aromatic nitrogens is 4. The molecule has 0 aromatic carbocycles. The van der Waals surface area contributed by atoms with Crippen LogP contribution in [0.25, 0.3) is 0 Å². The molecule has 6 nitrogen and oxygen atoms in total. The first-order chi connectivity index (χ1) is 8.67. The number of aromatic amines is 1. The molecular formula is C12H16N4O2. The van der Waals surface area contributed by atoms with Crippen molar-refractivity contribution in [3.63, 3.8) is 0 Å². The molecular weight excluding hydrogens is 232 g/mol. The molecule has 1 aromatic rings. The summed E-state index contributed by atoms with van der Waals surface area (Å²) in [7, 11) is 0. The monoisotopic (exact) mass is 248 g/mol. The fourth-order valence-electron chi connectivity index (χ4n) is 1.49. The van der Waals surface area contributed by atoms with E-state index in [1.54, 1.807) is 12.2 Å². The average Bonchev–Trinajstić information content (AvgIpc) is 2.85. The van der Waals surface area contributed by atoms with Gasteiger partial charge in [-0.15, -0.1) is 10.2 Å². The molecule has 1 rings (SSSR count). The molecule has 1 heterocycles. The van der Waals surface area contributed by atoms with E-state index in [0.29, 0.717) is 12.2 Å². The van der Waals surface area contributed by atoms with Gasteiger partial charge >= 0.3 is 5.97 Å². The van der Waals surface area contributed by atoms with E-state index in [1.807, 2.05) is 19.1 Å². The standard InChI is InChI=1S/C12H16N4O2/c1-3-5-6-9(4-2)7-10(12(17)18)8-11-13-15-16-14-11/h3-6,10H,1,7-8H2,2H3,(H,17,18)(H,13,14,15,16)/b6-5-,9-4+. The van der Waals surface area contributed by atoms with E-state index >= 15 is 0 Å². The number of allylic oxidation sites excluding steroid dienone is 5. The number of carboxylic acids is 1. The molecule has 0 aliphatic carbocycles. The van der Waals surface area contributed by atoms with Gasteiger partial charge < -0.3 is 5.11 Å². The van der Waals surface area contributed by atoms with Gasteiger partial charge in [-0.1, -0.05) is 41.7 Å². The van der Waals surface area contributed by atoms with Crippen molar-refractivity contribution in [2.24, 2.45) is 5.92 Å². The molecule has 96 valence electrons. The zero-order chi connectivity index (χ0) is 13.4. The summed E-state index contributed by atoms with van der Waals surface area (Å²) in [5.41, 5.74) is 0.936. The Bertz CT molecular complexity index is 449. The molecule has 6 heteroatoms. The topological polar surface area (TPSA) is 91.8 Å². The van der Waals surface area contributed by atoms with Gasteiger partial charge in [0.25, 0.3) is 0 Å². The van der Waals surface area contributed by atoms with Gasteiger partial charge in [0.15, 0.2) is 5.82 Å². The van der Waals surface area contributed by atoms with Crippen LogP contribution in [0.3, 0.4) is 0 Å². The van der Waals surface area contributed by atoms with Crippen molar-refractivity contribution in [2.75, 3.05) is 0 Å². The Kier molecular flexibility index (Phi) is 5.50. The summed E-state index contributed by atoms with van der Waals surface area (Å²) in [5, 5.41) is 22.4. The number of hydrogen-bond donors (Lipinski definition) is 2. The van der Waals surface area contributed by atoms with E-state index in [1.165, 1.54) is 0 Å². The van der Waals surface area contributed by atoms with Gasteiger partial charge in [-0.05, 0) is 13.3 Å². The lowest BCUT2D eigenvalue weighted by molar-refractivity contribution is -0.141. The molecule has 0 fully saturated rings. The van der Waals surface area contributed by atoms with Gasteiger partial charge in [0, 0.05) is 6.42 Å². The molecule has 0 saturated carbocycles. The number of aliphatic carboxylic acids is 1. The number of nitrogens with zero attached hydrogens (tertiary/aromatic N) is 3. The van der Waals surface area contributed by atoms with Crippen LogP contribution < -0.4 is 0 Å². The minimum absolute atomic E-state index is 0.255. The molecule has 0 radical (unpaired) electrons. The van der Waals surface area contributed by atoms with E-state index < -0.39 is 11.9 Å². The summed E-state index contributed by atoms with van der Waals surface area (Å²) in [4.78, 5) is 11.2. The van der Waals surface area contributed by atoms with E-state index in [-0.39, 0.29) is 6.42 Å². The van der Waals surface area contributed by atoms with E-state index in [4.69, 9.17) is 0 Å². The molecule has 0 saturated heterocycles. The maximum atomic E-state index is 11.2. The third-order valence-corrected chi connectivity index (χ3v) is 2.47. The van der Waals surface area contributed by atoms with Crippen LogP contribution >= 0.6 is 0 Å². The Morgan fingerprint density at radius 2 is 2.39 bits per heavy atom. The number of carboxylic acid groups (broad SMARTS) is 1. The number of rotatable bonds is 7. The lowest BCUT2D eigenvalue weighted by Crippen LogP contribution is -2.17. The maximum absolute atomic E-state index is 11.2. The molecule has 0 aliphatic rings. The lowest BCUT2D eigenvalue weighted by Gasteiger charge is -2.10. The molecule has 0 bridgehead atoms. The largest absolute Gasteiger partial charge is 0.481 e. The quantitative estimate of drug-likeness (QED) is 0.714. The Morgan fingerprint density at radius 3 is 2.89 bits per heavy atom. The first-order valence-electron chi connectivity index (χ1n) is 5.56. The predicted molar refractivity (Wildman–Crippen MR) is 66.7 cm³/mol. The summed E-state index contributed by atoms with van der Waals surface area (Å²) in [5.74, 6) is -1.03. The third kappa shape index (κ3) is 4.32. The van der Waals surface area contributed by atoms with Crippen molar-refractivity contribution in [1.82, 2.24) is 20.6 Å². The summed E-state index contributed by atoms with van der Waals surface area (Å²) >= 11 is 0. The minimum Gasteiger partial charge on any atom is -0.481 e. The molecule has 1 unspecified atom stereocenters. The number of H-pyrrole nitrogens is 1. The summed E-state index contributed by atoms with van der Waals surface area (Å²) in [6.45, 7) is 5.45. The van der Waals surface area contributed by atoms with Gasteiger partial charge in [-0.2, -0.15) is 5.21 Å². The highest BCUT2D eigenvalue weighted by Crippen LogP contribution is 2.17. The first-order valence-corrected chi connectivity index (χ1v) is 5.56. The fourth-order valence-corrected chi connectivity index (χ4v) is 1.49. The first kappa shape index (κ1) is 13.8. The van der Waals surface area contributed by atoms with Crippen LogP contribution in [0.5, 0.6) is 0 Å². The zero-order valence-corrected chi connectivity index (χ0v) is 10.2. The highest BCUT2D eigenvalue weighted by Gasteiger charge is 2.20. The van der Waals surface area contributed by atoms with Crippen molar-refractivity contribution in [1.29, 1.82) is 0 Å². The summed E-state index contributed by atoms with van der Waals surface area (Å²) < 4.78 is 0. The zero-order valence-electron chi connectivity index (χ0n) is 10.2. The van der Waals surface area contributed by atoms with E-state index in [9.17, 15) is 9.90 Å². The van der Waals surface area contributed by atoms with Gasteiger partial charge in [0.05, 0.1) is 5.92 Å². The molecule has 0 spiro atoms. The number of carbonyl (C=O) groups is 1. The lowest BCUT2D eigenvalue weighted by atomic mass is 9.95. The van der Waals surface area contributed by atoms with Gasteiger partial charge in [0.1, 0.15) is 0 Å². The van der Waals surface area contributed by atoms with Crippen molar-refractivity contribution >= 4 is 5.97 Å². The maximum Gasteiger partial charge on any atom is 0.307 e. The van der Waals surface area contributed by atoms with Crippen LogP contribution in [0.4, 0.5) is 0 Å². The third-order valence-electron chi connectivity index (χ3n) is 2.47. The highest BCUT2D eigenvalue weighted by molar-refractivity contribution is 5.70. The Morgan fingerprint density at radius 1 is 1.61 bits per heavy atom. The molecule has 0 amide bonds.